The first kappa shape index (κ1) is 21.9. The zero-order chi connectivity index (χ0) is 22.9. The lowest BCUT2D eigenvalue weighted by Crippen LogP contribution is -2.39. The van der Waals surface area contributed by atoms with Crippen LogP contribution in [0.4, 0.5) is 19.0 Å². The highest BCUT2D eigenvalue weighted by Gasteiger charge is 2.37. The number of hydrogen-bond acceptors (Lipinski definition) is 5. The fraction of sp³-hybridized carbons (Fsp3) is 0.409. The van der Waals surface area contributed by atoms with Gasteiger partial charge in [0, 0.05) is 13.0 Å². The number of rotatable bonds is 5. The fourth-order valence-electron chi connectivity index (χ4n) is 4.19. The van der Waals surface area contributed by atoms with Crippen molar-refractivity contribution in [1.82, 2.24) is 20.1 Å². The fourth-order valence-corrected chi connectivity index (χ4v) is 4.19. The van der Waals surface area contributed by atoms with Crippen molar-refractivity contribution < 1.29 is 22.7 Å². The second kappa shape index (κ2) is 8.68. The number of hydrogen-bond donors (Lipinski definition) is 2. The largest absolute Gasteiger partial charge is 0.497 e. The van der Waals surface area contributed by atoms with Gasteiger partial charge in [0.05, 0.1) is 29.8 Å². The summed E-state index contributed by atoms with van der Waals surface area (Å²) in [5, 5.41) is 5.97. The normalized spacial score (nSPS) is 17.0. The van der Waals surface area contributed by atoms with E-state index in [-0.39, 0.29) is 34.9 Å². The van der Waals surface area contributed by atoms with Crippen molar-refractivity contribution in [3.05, 3.63) is 47.2 Å². The molecule has 3 N–H and O–H groups in total. The number of carbonyl (C=O) groups excluding carboxylic acids is 1. The van der Waals surface area contributed by atoms with Crippen molar-refractivity contribution in [3.63, 3.8) is 0 Å². The van der Waals surface area contributed by atoms with E-state index < -0.39 is 17.8 Å². The molecule has 32 heavy (non-hydrogen) atoms. The highest BCUT2D eigenvalue weighted by atomic mass is 19.4. The molecule has 0 unspecified atom stereocenters. The third kappa shape index (κ3) is 4.35. The van der Waals surface area contributed by atoms with Crippen LogP contribution >= 0.6 is 0 Å². The molecule has 1 aliphatic heterocycles. The highest BCUT2D eigenvalue weighted by Crippen LogP contribution is 2.39. The monoisotopic (exact) mass is 447 g/mol. The van der Waals surface area contributed by atoms with Gasteiger partial charge in [-0.15, -0.1) is 0 Å². The predicted molar refractivity (Wildman–Crippen MR) is 113 cm³/mol. The van der Waals surface area contributed by atoms with Crippen LogP contribution < -0.4 is 10.5 Å². The number of ether oxygens (including phenoxy) is 1. The maximum Gasteiger partial charge on any atom is 0.417 e. The van der Waals surface area contributed by atoms with Gasteiger partial charge in [0.2, 0.25) is 5.91 Å². The molecule has 170 valence electrons. The Bertz CT molecular complexity index is 1110. The molecular weight excluding hydrogens is 423 g/mol. The molecular formula is C22H24F3N5O2. The third-order valence-electron chi connectivity index (χ3n) is 5.83. The number of aromatic amines is 1. The molecule has 0 saturated carbocycles. The van der Waals surface area contributed by atoms with E-state index in [2.05, 4.69) is 15.2 Å². The standard InChI is InChI=1S/C22H24F3N5O2/c1-32-14-8-5-13(6-9-14)7-10-18(31)30-11-3-2-4-17(30)16-12-15(22(23,24)25)19-20(26)28-29-21(19)27-16/h5-6,8-9,12,17H,2-4,7,10-11H2,1H3,(H3,26,27,28,29)/t17-/m0/s1. The molecule has 1 fully saturated rings. The molecule has 0 radical (unpaired) electrons. The molecule has 7 nitrogen and oxygen atoms in total. The molecule has 3 aromatic rings. The average molecular weight is 447 g/mol. The van der Waals surface area contributed by atoms with E-state index in [9.17, 15) is 18.0 Å². The van der Waals surface area contributed by atoms with Gasteiger partial charge in [-0.2, -0.15) is 18.3 Å². The van der Waals surface area contributed by atoms with E-state index in [4.69, 9.17) is 10.5 Å². The molecule has 0 aliphatic carbocycles. The number of likely N-dealkylation sites (tertiary alicyclic amines) is 1. The number of anilines is 1. The predicted octanol–water partition coefficient (Wildman–Crippen LogP) is 4.25. The van der Waals surface area contributed by atoms with Crippen molar-refractivity contribution in [2.45, 2.75) is 44.3 Å². The quantitative estimate of drug-likeness (QED) is 0.609. The molecule has 4 rings (SSSR count). The van der Waals surface area contributed by atoms with Gasteiger partial charge in [-0.25, -0.2) is 4.98 Å². The molecule has 1 saturated heterocycles. The molecule has 0 spiro atoms. The first-order valence-corrected chi connectivity index (χ1v) is 10.4. The van der Waals surface area contributed by atoms with Crippen LogP contribution in [-0.2, 0) is 17.4 Å². The Balaban J connectivity index is 1.59. The minimum atomic E-state index is -4.62. The van der Waals surface area contributed by atoms with Crippen molar-refractivity contribution >= 4 is 22.8 Å². The summed E-state index contributed by atoms with van der Waals surface area (Å²) in [4.78, 5) is 19.0. The van der Waals surface area contributed by atoms with Gasteiger partial charge in [-0.1, -0.05) is 12.1 Å². The van der Waals surface area contributed by atoms with Crippen LogP contribution in [0.5, 0.6) is 5.75 Å². The number of fused-ring (bicyclic) bond motifs is 1. The molecule has 1 amide bonds. The Morgan fingerprint density at radius 2 is 2.03 bits per heavy atom. The maximum atomic E-state index is 13.7. The molecule has 1 aromatic carbocycles. The second-order valence-corrected chi connectivity index (χ2v) is 7.88. The van der Waals surface area contributed by atoms with E-state index in [0.29, 0.717) is 19.4 Å². The van der Waals surface area contributed by atoms with Gasteiger partial charge in [0.1, 0.15) is 11.6 Å². The number of methoxy groups -OCH3 is 1. The van der Waals surface area contributed by atoms with Crippen LogP contribution in [0.2, 0.25) is 0 Å². The van der Waals surface area contributed by atoms with E-state index in [0.717, 1.165) is 30.2 Å². The number of aryl methyl sites for hydroxylation is 1. The summed E-state index contributed by atoms with van der Waals surface area (Å²) in [5.41, 5.74) is 5.85. The van der Waals surface area contributed by atoms with E-state index >= 15 is 0 Å². The van der Waals surface area contributed by atoms with Gasteiger partial charge in [-0.05, 0) is 49.4 Å². The second-order valence-electron chi connectivity index (χ2n) is 7.88. The van der Waals surface area contributed by atoms with Crippen LogP contribution in [-0.4, -0.2) is 39.6 Å². The zero-order valence-electron chi connectivity index (χ0n) is 17.6. The number of pyridine rings is 1. The number of H-pyrrole nitrogens is 1. The Morgan fingerprint density at radius 1 is 1.28 bits per heavy atom. The summed E-state index contributed by atoms with van der Waals surface area (Å²) in [7, 11) is 1.59. The molecule has 3 heterocycles. The number of piperidine rings is 1. The highest BCUT2D eigenvalue weighted by molar-refractivity contribution is 5.90. The van der Waals surface area contributed by atoms with Crippen LogP contribution in [0.25, 0.3) is 11.0 Å². The molecule has 2 aromatic heterocycles. The van der Waals surface area contributed by atoms with Crippen LogP contribution in [0.15, 0.2) is 30.3 Å². The first-order chi connectivity index (χ1) is 15.3. The molecule has 1 atom stereocenters. The summed E-state index contributed by atoms with van der Waals surface area (Å²) < 4.78 is 46.3. The lowest BCUT2D eigenvalue weighted by molar-refractivity contribution is -0.136. The summed E-state index contributed by atoms with van der Waals surface area (Å²) in [5.74, 6) is 0.446. The number of aromatic nitrogens is 3. The first-order valence-electron chi connectivity index (χ1n) is 10.4. The SMILES string of the molecule is COc1ccc(CCC(=O)N2CCCC[C@H]2c2cc(C(F)(F)F)c3c(N)[nH]nc3n2)cc1. The van der Waals surface area contributed by atoms with Gasteiger partial charge >= 0.3 is 6.18 Å². The smallest absolute Gasteiger partial charge is 0.417 e. The minimum Gasteiger partial charge on any atom is -0.497 e. The lowest BCUT2D eigenvalue weighted by atomic mass is 9.96. The number of benzene rings is 1. The summed E-state index contributed by atoms with van der Waals surface area (Å²) in [6.45, 7) is 0.482. The summed E-state index contributed by atoms with van der Waals surface area (Å²) in [6, 6.07) is 7.93. The van der Waals surface area contributed by atoms with Gasteiger partial charge < -0.3 is 15.4 Å². The Labute approximate surface area is 182 Å². The van der Waals surface area contributed by atoms with Gasteiger partial charge in [-0.3, -0.25) is 9.89 Å². The van der Waals surface area contributed by atoms with Crippen LogP contribution in [0.1, 0.15) is 48.5 Å². The lowest BCUT2D eigenvalue weighted by Gasteiger charge is -2.35. The number of nitrogens with zero attached hydrogens (tertiary/aromatic N) is 3. The number of nitrogens with two attached hydrogens (primary N) is 1. The maximum absolute atomic E-state index is 13.7. The van der Waals surface area contributed by atoms with E-state index in [1.165, 1.54) is 0 Å². The molecule has 10 heteroatoms. The van der Waals surface area contributed by atoms with Gasteiger partial charge in [0.25, 0.3) is 0 Å². The zero-order valence-corrected chi connectivity index (χ0v) is 17.6. The molecule has 0 bridgehead atoms. The Hall–Kier alpha value is -3.30. The van der Waals surface area contributed by atoms with E-state index in [1.807, 2.05) is 24.3 Å². The topological polar surface area (TPSA) is 97.1 Å². The Morgan fingerprint density at radius 3 is 2.72 bits per heavy atom. The van der Waals surface area contributed by atoms with Crippen molar-refractivity contribution in [1.29, 1.82) is 0 Å². The number of amides is 1. The number of alkyl halides is 3. The van der Waals surface area contributed by atoms with Crippen LogP contribution in [0.3, 0.4) is 0 Å². The molecule has 1 aliphatic rings. The number of nitrogen functional groups attached to an aromatic ring is 1. The summed E-state index contributed by atoms with van der Waals surface area (Å²) >= 11 is 0. The van der Waals surface area contributed by atoms with E-state index in [1.54, 1.807) is 12.0 Å². The number of halogens is 3. The van der Waals surface area contributed by atoms with Gasteiger partial charge in [0.15, 0.2) is 5.65 Å². The third-order valence-corrected chi connectivity index (χ3v) is 5.83. The Kier molecular flexibility index (Phi) is 5.94. The van der Waals surface area contributed by atoms with Crippen molar-refractivity contribution in [2.75, 3.05) is 19.4 Å². The number of nitrogens with one attached hydrogen (secondary N) is 1. The van der Waals surface area contributed by atoms with Crippen molar-refractivity contribution in [2.24, 2.45) is 0 Å². The van der Waals surface area contributed by atoms with Crippen LogP contribution in [0, 0.1) is 0 Å². The number of carbonyl (C=O) groups is 1. The van der Waals surface area contributed by atoms with Crippen molar-refractivity contribution in [3.8, 4) is 5.75 Å². The minimum absolute atomic E-state index is 0.0940. The average Bonchev–Trinajstić information content (AvgIpc) is 3.17. The summed E-state index contributed by atoms with van der Waals surface area (Å²) in [6.07, 6.45) is -1.68.